The third-order valence-electron chi connectivity index (χ3n) is 11.5. The van der Waals surface area contributed by atoms with Crippen molar-refractivity contribution in [3.05, 3.63) is 24.3 Å². The highest BCUT2D eigenvalue weighted by molar-refractivity contribution is 5.76. The van der Waals surface area contributed by atoms with Gasteiger partial charge in [0.05, 0.1) is 25.4 Å². The van der Waals surface area contributed by atoms with E-state index in [9.17, 15) is 30.3 Å². The van der Waals surface area contributed by atoms with Crippen LogP contribution in [0.15, 0.2) is 24.3 Å². The van der Waals surface area contributed by atoms with Crippen molar-refractivity contribution >= 4 is 5.91 Å². The summed E-state index contributed by atoms with van der Waals surface area (Å²) >= 11 is 0. The predicted molar refractivity (Wildman–Crippen MR) is 235 cm³/mol. The third kappa shape index (κ3) is 29.5. The summed E-state index contributed by atoms with van der Waals surface area (Å²) in [6.45, 7) is 3.82. The van der Waals surface area contributed by atoms with Gasteiger partial charge < -0.3 is 40.3 Å². The highest BCUT2D eigenvalue weighted by atomic mass is 16.7. The SMILES string of the molecule is CCCCCCCC/C=C/CCCCCCCCCC(=O)N[C@@H](CO[C@H]1O[C@@H](CO)[C@H](O)C(O)C1O)[C@H](O)CCCC/C=C/CCCCCCCCCCCCC. The number of hydrogen-bond acceptors (Lipinski definition) is 8. The molecule has 0 aromatic carbocycles. The highest BCUT2D eigenvalue weighted by Crippen LogP contribution is 2.23. The number of aliphatic hydroxyl groups is 5. The molecule has 1 saturated heterocycles. The Balaban J connectivity index is 2.33. The standard InChI is InChI=1S/C48H91NO8/c1-3-5-7-9-11-13-15-17-19-21-23-25-27-29-31-33-35-37-42(51)41(40-56-48-47(55)46(54)45(53)43(39-50)57-48)49-44(52)38-36-34-32-30-28-26-24-22-20-18-16-14-12-10-8-6-4-2/h18,20,27,29,41-43,45-48,50-51,53-55H,3-17,19,21-26,28,30-40H2,1-2H3,(H,49,52)/b20-18+,29-27+/t41-,42+,43-,45-,46?,47?,48-/m0/s1. The average Bonchev–Trinajstić information content (AvgIpc) is 3.21. The molecule has 57 heavy (non-hydrogen) atoms. The number of amides is 1. The summed E-state index contributed by atoms with van der Waals surface area (Å²) < 4.78 is 11.3. The molecule has 0 spiro atoms. The maximum atomic E-state index is 13.0. The van der Waals surface area contributed by atoms with Gasteiger partial charge in [0.1, 0.15) is 24.4 Å². The van der Waals surface area contributed by atoms with Gasteiger partial charge in [-0.1, -0.05) is 173 Å². The van der Waals surface area contributed by atoms with Gasteiger partial charge in [-0.25, -0.2) is 0 Å². The Labute approximate surface area is 349 Å². The summed E-state index contributed by atoms with van der Waals surface area (Å²) in [6.07, 6.45) is 39.0. The van der Waals surface area contributed by atoms with Crippen LogP contribution in [0.25, 0.3) is 0 Å². The Kier molecular flexibility index (Phi) is 36.6. The zero-order chi connectivity index (χ0) is 41.6. The first-order valence-electron chi connectivity index (χ1n) is 24.0. The van der Waals surface area contributed by atoms with Crippen molar-refractivity contribution in [3.63, 3.8) is 0 Å². The molecule has 1 fully saturated rings. The molecule has 336 valence electrons. The first-order valence-corrected chi connectivity index (χ1v) is 24.0. The Morgan fingerprint density at radius 2 is 0.982 bits per heavy atom. The second-order valence-corrected chi connectivity index (χ2v) is 16.9. The predicted octanol–water partition coefficient (Wildman–Crippen LogP) is 10.3. The van der Waals surface area contributed by atoms with E-state index in [1.807, 2.05) is 0 Å². The van der Waals surface area contributed by atoms with Crippen LogP contribution in [-0.2, 0) is 14.3 Å². The van der Waals surface area contributed by atoms with E-state index in [0.717, 1.165) is 44.9 Å². The summed E-state index contributed by atoms with van der Waals surface area (Å²) in [7, 11) is 0. The van der Waals surface area contributed by atoms with Crippen LogP contribution in [0, 0.1) is 0 Å². The minimum atomic E-state index is -1.56. The van der Waals surface area contributed by atoms with Gasteiger partial charge in [-0.05, 0) is 64.2 Å². The lowest BCUT2D eigenvalue weighted by molar-refractivity contribution is -0.302. The van der Waals surface area contributed by atoms with Crippen LogP contribution in [-0.4, -0.2) is 87.5 Å². The topological polar surface area (TPSA) is 149 Å². The normalized spacial score (nSPS) is 21.1. The van der Waals surface area contributed by atoms with Crippen molar-refractivity contribution in [1.29, 1.82) is 0 Å². The molecule has 1 rings (SSSR count). The first kappa shape index (κ1) is 53.7. The summed E-state index contributed by atoms with van der Waals surface area (Å²) in [5.41, 5.74) is 0. The summed E-state index contributed by atoms with van der Waals surface area (Å²) in [5, 5.41) is 54.4. The molecular formula is C48H91NO8. The molecule has 1 aliphatic heterocycles. The van der Waals surface area contributed by atoms with Gasteiger partial charge in [0.15, 0.2) is 6.29 Å². The molecule has 0 saturated carbocycles. The van der Waals surface area contributed by atoms with Gasteiger partial charge in [-0.2, -0.15) is 0 Å². The first-order chi connectivity index (χ1) is 27.8. The lowest BCUT2D eigenvalue weighted by Crippen LogP contribution is -2.60. The third-order valence-corrected chi connectivity index (χ3v) is 11.5. The lowest BCUT2D eigenvalue weighted by atomic mass is 9.99. The molecule has 0 aliphatic carbocycles. The number of ether oxygens (including phenoxy) is 2. The van der Waals surface area contributed by atoms with Crippen LogP contribution in [0.5, 0.6) is 0 Å². The fourth-order valence-corrected chi connectivity index (χ4v) is 7.62. The van der Waals surface area contributed by atoms with E-state index >= 15 is 0 Å². The van der Waals surface area contributed by atoms with Gasteiger partial charge in [0.25, 0.3) is 0 Å². The largest absolute Gasteiger partial charge is 0.394 e. The van der Waals surface area contributed by atoms with E-state index in [1.165, 1.54) is 148 Å². The number of rotatable bonds is 40. The molecule has 0 aromatic rings. The van der Waals surface area contributed by atoms with Crippen LogP contribution < -0.4 is 5.32 Å². The van der Waals surface area contributed by atoms with Crippen molar-refractivity contribution in [2.75, 3.05) is 13.2 Å². The second-order valence-electron chi connectivity index (χ2n) is 16.9. The molecule has 0 aromatic heterocycles. The number of unbranched alkanes of at least 4 members (excludes halogenated alkanes) is 26. The number of carbonyl (C=O) groups excluding carboxylic acids is 1. The second kappa shape index (κ2) is 38.8. The van der Waals surface area contributed by atoms with Crippen molar-refractivity contribution in [2.24, 2.45) is 0 Å². The smallest absolute Gasteiger partial charge is 0.220 e. The monoisotopic (exact) mass is 810 g/mol. The summed E-state index contributed by atoms with van der Waals surface area (Å²) in [6, 6.07) is -0.735. The molecule has 9 nitrogen and oxygen atoms in total. The van der Waals surface area contributed by atoms with Crippen LogP contribution in [0.2, 0.25) is 0 Å². The highest BCUT2D eigenvalue weighted by Gasteiger charge is 2.44. The fraction of sp³-hybridized carbons (Fsp3) is 0.896. The fourth-order valence-electron chi connectivity index (χ4n) is 7.62. The van der Waals surface area contributed by atoms with E-state index < -0.39 is 49.5 Å². The van der Waals surface area contributed by atoms with Crippen LogP contribution in [0.3, 0.4) is 0 Å². The molecule has 6 N–H and O–H groups in total. The molecule has 7 atom stereocenters. The van der Waals surface area contributed by atoms with Crippen molar-refractivity contribution in [3.8, 4) is 0 Å². The van der Waals surface area contributed by atoms with E-state index in [-0.39, 0.29) is 12.5 Å². The van der Waals surface area contributed by atoms with Crippen molar-refractivity contribution < 1.29 is 39.8 Å². The number of aliphatic hydroxyl groups excluding tert-OH is 5. The van der Waals surface area contributed by atoms with E-state index in [0.29, 0.717) is 12.8 Å². The lowest BCUT2D eigenvalue weighted by Gasteiger charge is -2.40. The summed E-state index contributed by atoms with van der Waals surface area (Å²) in [5.74, 6) is -0.158. The Morgan fingerprint density at radius 1 is 0.579 bits per heavy atom. The van der Waals surface area contributed by atoms with E-state index in [4.69, 9.17) is 9.47 Å². The number of hydrogen-bond donors (Lipinski definition) is 6. The Morgan fingerprint density at radius 3 is 1.42 bits per heavy atom. The number of allylic oxidation sites excluding steroid dienone is 4. The van der Waals surface area contributed by atoms with Crippen LogP contribution >= 0.6 is 0 Å². The van der Waals surface area contributed by atoms with Crippen molar-refractivity contribution in [2.45, 2.75) is 262 Å². The van der Waals surface area contributed by atoms with E-state index in [2.05, 4.69) is 43.5 Å². The van der Waals surface area contributed by atoms with Gasteiger partial charge in [-0.3, -0.25) is 4.79 Å². The maximum Gasteiger partial charge on any atom is 0.220 e. The number of nitrogens with one attached hydrogen (secondary N) is 1. The van der Waals surface area contributed by atoms with Gasteiger partial charge in [-0.15, -0.1) is 0 Å². The molecule has 0 radical (unpaired) electrons. The Bertz CT molecular complexity index is 945. The van der Waals surface area contributed by atoms with Gasteiger partial charge in [0.2, 0.25) is 5.91 Å². The Hall–Kier alpha value is -1.33. The molecule has 1 amide bonds. The maximum absolute atomic E-state index is 13.0. The zero-order valence-electron chi connectivity index (χ0n) is 36.9. The molecule has 1 heterocycles. The van der Waals surface area contributed by atoms with Crippen LogP contribution in [0.4, 0.5) is 0 Å². The van der Waals surface area contributed by atoms with E-state index in [1.54, 1.807) is 0 Å². The van der Waals surface area contributed by atoms with Crippen LogP contribution in [0.1, 0.15) is 219 Å². The molecule has 1 aliphatic rings. The molecular weight excluding hydrogens is 719 g/mol. The minimum Gasteiger partial charge on any atom is -0.394 e. The summed E-state index contributed by atoms with van der Waals surface area (Å²) in [4.78, 5) is 13.0. The molecule has 2 unspecified atom stereocenters. The minimum absolute atomic E-state index is 0.150. The van der Waals surface area contributed by atoms with Gasteiger partial charge >= 0.3 is 0 Å². The average molecular weight is 810 g/mol. The number of carbonyl (C=O) groups is 1. The molecule has 0 bridgehead atoms. The van der Waals surface area contributed by atoms with Gasteiger partial charge in [0, 0.05) is 6.42 Å². The zero-order valence-corrected chi connectivity index (χ0v) is 36.9. The van der Waals surface area contributed by atoms with Crippen molar-refractivity contribution in [1.82, 2.24) is 5.32 Å². The molecule has 9 heteroatoms. The quantitative estimate of drug-likeness (QED) is 0.0265.